The molecule has 4 atom stereocenters. The Bertz CT molecular complexity index is 903. The van der Waals surface area contributed by atoms with Gasteiger partial charge in [-0.15, -0.1) is 0 Å². The quantitative estimate of drug-likeness (QED) is 0.555. The monoisotopic (exact) mass is 372 g/mol. The van der Waals surface area contributed by atoms with Gasteiger partial charge in [-0.2, -0.15) is 4.98 Å². The summed E-state index contributed by atoms with van der Waals surface area (Å²) in [5, 5.41) is 29.4. The fraction of sp³-hybridized carbons (Fsp3) is 0.389. The number of hydrogen-bond donors (Lipinski definition) is 3. The van der Waals surface area contributed by atoms with Crippen molar-refractivity contribution in [3.8, 4) is 5.88 Å². The summed E-state index contributed by atoms with van der Waals surface area (Å²) < 4.78 is 12.8. The molecule has 27 heavy (non-hydrogen) atoms. The third-order valence-corrected chi connectivity index (χ3v) is 4.59. The number of hydrogen-bond acceptors (Lipinski definition) is 8. The molecule has 1 aromatic carbocycles. The average Bonchev–Trinajstić information content (AvgIpc) is 3.25. The fourth-order valence-corrected chi connectivity index (χ4v) is 3.14. The molecule has 142 valence electrons. The van der Waals surface area contributed by atoms with Gasteiger partial charge in [0, 0.05) is 6.42 Å². The molecule has 0 spiro atoms. The van der Waals surface area contributed by atoms with Crippen LogP contribution in [0.15, 0.2) is 43.0 Å². The van der Waals surface area contributed by atoms with Crippen molar-refractivity contribution < 1.29 is 24.8 Å². The molecule has 3 heterocycles. The molecule has 0 aliphatic carbocycles. The number of aromatic nitrogens is 4. The lowest BCUT2D eigenvalue weighted by molar-refractivity contribution is -0.0511. The molecule has 9 nitrogen and oxygen atoms in total. The van der Waals surface area contributed by atoms with Crippen molar-refractivity contribution in [3.63, 3.8) is 0 Å². The van der Waals surface area contributed by atoms with Crippen LogP contribution in [0.5, 0.6) is 5.88 Å². The number of imidazole rings is 1. The Labute approximate surface area is 154 Å². The third kappa shape index (κ3) is 3.37. The summed E-state index contributed by atoms with van der Waals surface area (Å²) in [6, 6.07) is 9.95. The van der Waals surface area contributed by atoms with Gasteiger partial charge in [0.05, 0.1) is 19.5 Å². The lowest BCUT2D eigenvalue weighted by Gasteiger charge is -2.16. The molecule has 1 aliphatic heterocycles. The highest BCUT2D eigenvalue weighted by atomic mass is 16.6. The van der Waals surface area contributed by atoms with Crippen molar-refractivity contribution in [2.45, 2.75) is 31.0 Å². The van der Waals surface area contributed by atoms with Gasteiger partial charge >= 0.3 is 0 Å². The van der Waals surface area contributed by atoms with E-state index in [0.717, 1.165) is 12.0 Å². The van der Waals surface area contributed by atoms with Crippen molar-refractivity contribution in [3.05, 3.63) is 48.5 Å². The molecule has 1 fully saturated rings. The number of ether oxygens (including phenoxy) is 2. The first kappa shape index (κ1) is 17.8. The summed E-state index contributed by atoms with van der Waals surface area (Å²) in [6.07, 6.45) is -0.663. The maximum atomic E-state index is 10.2. The number of benzene rings is 1. The minimum Gasteiger partial charge on any atom is -0.476 e. The molecule has 0 saturated carbocycles. The van der Waals surface area contributed by atoms with Crippen molar-refractivity contribution in [1.29, 1.82) is 0 Å². The summed E-state index contributed by atoms with van der Waals surface area (Å²) in [7, 11) is 0. The van der Waals surface area contributed by atoms with Crippen LogP contribution >= 0.6 is 0 Å². The fourth-order valence-electron chi connectivity index (χ4n) is 3.14. The van der Waals surface area contributed by atoms with Crippen LogP contribution in [0.3, 0.4) is 0 Å². The van der Waals surface area contributed by atoms with E-state index in [9.17, 15) is 15.3 Å². The van der Waals surface area contributed by atoms with Gasteiger partial charge in [-0.3, -0.25) is 4.57 Å². The Morgan fingerprint density at radius 1 is 1.07 bits per heavy atom. The predicted octanol–water partition coefficient (Wildman–Crippen LogP) is 0.0593. The van der Waals surface area contributed by atoms with Crippen LogP contribution in [0.4, 0.5) is 0 Å². The smallest absolute Gasteiger partial charge is 0.245 e. The summed E-state index contributed by atoms with van der Waals surface area (Å²) >= 11 is 0. The van der Waals surface area contributed by atoms with Gasteiger partial charge in [0.1, 0.15) is 24.6 Å². The van der Waals surface area contributed by atoms with Gasteiger partial charge < -0.3 is 24.8 Å². The van der Waals surface area contributed by atoms with E-state index in [4.69, 9.17) is 9.47 Å². The Kier molecular flexibility index (Phi) is 4.99. The molecule has 3 N–H and O–H groups in total. The van der Waals surface area contributed by atoms with Gasteiger partial charge in [0.15, 0.2) is 17.4 Å². The van der Waals surface area contributed by atoms with E-state index < -0.39 is 31.1 Å². The highest BCUT2D eigenvalue weighted by Crippen LogP contribution is 2.32. The second-order valence-electron chi connectivity index (χ2n) is 6.32. The number of fused-ring (bicyclic) bond motifs is 1. The van der Waals surface area contributed by atoms with Crippen LogP contribution in [0.1, 0.15) is 11.8 Å². The zero-order valence-corrected chi connectivity index (χ0v) is 14.4. The molecular weight excluding hydrogens is 352 g/mol. The van der Waals surface area contributed by atoms with E-state index in [1.807, 2.05) is 30.3 Å². The molecule has 9 heteroatoms. The standard InChI is InChI=1S/C18H20N4O5/c23-8-12-14(24)15(25)18(27-12)22-10-21-13-16(22)19-9-20-17(13)26-7-6-11-4-2-1-3-5-11/h1-5,9-10,12,14-15,18,23-25H,6-8H2. The minimum atomic E-state index is -1.21. The van der Waals surface area contributed by atoms with Gasteiger partial charge in [-0.05, 0) is 5.56 Å². The van der Waals surface area contributed by atoms with Crippen LogP contribution in [0.2, 0.25) is 0 Å². The number of aliphatic hydroxyl groups excluding tert-OH is 3. The van der Waals surface area contributed by atoms with E-state index in [-0.39, 0.29) is 0 Å². The first-order chi connectivity index (χ1) is 13.2. The normalized spacial score (nSPS) is 25.1. The molecule has 0 amide bonds. The molecule has 3 aromatic rings. The van der Waals surface area contributed by atoms with Gasteiger partial charge in [0.25, 0.3) is 0 Å². The average molecular weight is 372 g/mol. The van der Waals surface area contributed by atoms with Crippen LogP contribution in [0.25, 0.3) is 11.2 Å². The molecule has 0 radical (unpaired) electrons. The first-order valence-electron chi connectivity index (χ1n) is 8.65. The zero-order valence-electron chi connectivity index (χ0n) is 14.4. The minimum absolute atomic E-state index is 0.335. The Morgan fingerprint density at radius 3 is 2.63 bits per heavy atom. The Hall–Kier alpha value is -2.59. The van der Waals surface area contributed by atoms with Crippen LogP contribution in [-0.2, 0) is 11.2 Å². The van der Waals surface area contributed by atoms with Gasteiger partial charge in [-0.25, -0.2) is 9.97 Å². The van der Waals surface area contributed by atoms with E-state index in [2.05, 4.69) is 15.0 Å². The van der Waals surface area contributed by atoms with E-state index >= 15 is 0 Å². The zero-order chi connectivity index (χ0) is 18.8. The van der Waals surface area contributed by atoms with Gasteiger partial charge in [-0.1, -0.05) is 30.3 Å². The summed E-state index contributed by atoms with van der Waals surface area (Å²) in [4.78, 5) is 12.6. The SMILES string of the molecule is OCC1OC(n2cnc3c(OCCc4ccccc4)ncnc32)C(O)C1O. The van der Waals surface area contributed by atoms with Crippen molar-refractivity contribution in [2.75, 3.05) is 13.2 Å². The van der Waals surface area contributed by atoms with Crippen molar-refractivity contribution >= 4 is 11.2 Å². The molecule has 1 aliphatic rings. The number of aliphatic hydroxyl groups is 3. The Balaban J connectivity index is 1.53. The van der Waals surface area contributed by atoms with Crippen molar-refractivity contribution in [2.24, 2.45) is 0 Å². The molecule has 4 unspecified atom stereocenters. The largest absolute Gasteiger partial charge is 0.476 e. The second-order valence-corrected chi connectivity index (χ2v) is 6.32. The van der Waals surface area contributed by atoms with Crippen LogP contribution in [-0.4, -0.2) is 66.4 Å². The van der Waals surface area contributed by atoms with Gasteiger partial charge in [0.2, 0.25) is 5.88 Å². The molecule has 1 saturated heterocycles. The van der Waals surface area contributed by atoms with E-state index in [1.165, 1.54) is 17.2 Å². The lowest BCUT2D eigenvalue weighted by Crippen LogP contribution is -2.33. The number of nitrogens with zero attached hydrogens (tertiary/aromatic N) is 4. The van der Waals surface area contributed by atoms with Crippen LogP contribution < -0.4 is 4.74 Å². The molecular formula is C18H20N4O5. The molecule has 2 aromatic heterocycles. The maximum absolute atomic E-state index is 10.2. The second kappa shape index (κ2) is 7.57. The highest BCUT2D eigenvalue weighted by Gasteiger charge is 2.44. The molecule has 4 rings (SSSR count). The summed E-state index contributed by atoms with van der Waals surface area (Å²) in [5.41, 5.74) is 2.00. The van der Waals surface area contributed by atoms with Crippen molar-refractivity contribution in [1.82, 2.24) is 19.5 Å². The third-order valence-electron chi connectivity index (χ3n) is 4.59. The Morgan fingerprint density at radius 2 is 1.89 bits per heavy atom. The summed E-state index contributed by atoms with van der Waals surface area (Å²) in [6.45, 7) is 0.0288. The van der Waals surface area contributed by atoms with E-state index in [1.54, 1.807) is 0 Å². The lowest BCUT2D eigenvalue weighted by atomic mass is 10.1. The predicted molar refractivity (Wildman–Crippen MR) is 94.0 cm³/mol. The van der Waals surface area contributed by atoms with Crippen LogP contribution in [0, 0.1) is 0 Å². The maximum Gasteiger partial charge on any atom is 0.245 e. The van der Waals surface area contributed by atoms with E-state index in [0.29, 0.717) is 23.7 Å². The number of rotatable bonds is 6. The first-order valence-corrected chi connectivity index (χ1v) is 8.65. The topological polar surface area (TPSA) is 123 Å². The molecule has 0 bridgehead atoms. The highest BCUT2D eigenvalue weighted by molar-refractivity contribution is 5.76. The summed E-state index contributed by atoms with van der Waals surface area (Å²) in [5.74, 6) is 0.335.